The minimum atomic E-state index is 0.433. The fourth-order valence-electron chi connectivity index (χ4n) is 1.23. The number of hydrogen-bond acceptors (Lipinski definition) is 4. The maximum absolute atomic E-state index is 8.44. The van der Waals surface area contributed by atoms with Gasteiger partial charge in [0.2, 0.25) is 0 Å². The quantitative estimate of drug-likeness (QED) is 0.491. The van der Waals surface area contributed by atoms with Gasteiger partial charge in [0.1, 0.15) is 0 Å². The summed E-state index contributed by atoms with van der Waals surface area (Å²) in [6, 6.07) is 3.34. The molecular formula is C11H14ClNO3. The molecule has 0 bridgehead atoms. The fraction of sp³-hybridized carbons (Fsp3) is 0.364. The number of hydrogen-bond donors (Lipinski definition) is 1. The molecule has 0 saturated carbocycles. The predicted octanol–water partition coefficient (Wildman–Crippen LogP) is 2.95. The van der Waals surface area contributed by atoms with Crippen LogP contribution in [-0.2, 0) is 0 Å². The molecule has 0 saturated heterocycles. The number of benzene rings is 1. The molecule has 0 heterocycles. The molecule has 0 atom stereocenters. The van der Waals surface area contributed by atoms with Crippen LogP contribution in [0.1, 0.15) is 18.9 Å². The number of ether oxygens (including phenoxy) is 2. The minimum absolute atomic E-state index is 0.433. The van der Waals surface area contributed by atoms with Crippen molar-refractivity contribution in [2.24, 2.45) is 5.16 Å². The predicted molar refractivity (Wildman–Crippen MR) is 63.2 cm³/mol. The Morgan fingerprint density at radius 3 is 2.81 bits per heavy atom. The van der Waals surface area contributed by atoms with E-state index in [4.69, 9.17) is 26.3 Å². The van der Waals surface area contributed by atoms with Crippen LogP contribution in [0.3, 0.4) is 0 Å². The summed E-state index contributed by atoms with van der Waals surface area (Å²) >= 11 is 6.04. The maximum Gasteiger partial charge on any atom is 0.179 e. The summed E-state index contributed by atoms with van der Waals surface area (Å²) in [6.45, 7) is 2.58. The molecule has 0 aromatic heterocycles. The van der Waals surface area contributed by atoms with Gasteiger partial charge in [0, 0.05) is 5.56 Å². The molecule has 4 nitrogen and oxygen atoms in total. The molecule has 5 heteroatoms. The van der Waals surface area contributed by atoms with Gasteiger partial charge in [-0.1, -0.05) is 23.7 Å². The third kappa shape index (κ3) is 3.03. The van der Waals surface area contributed by atoms with Crippen molar-refractivity contribution in [3.8, 4) is 11.5 Å². The highest BCUT2D eigenvalue weighted by molar-refractivity contribution is 6.32. The Kier molecular flexibility index (Phi) is 4.92. The van der Waals surface area contributed by atoms with Gasteiger partial charge in [-0.05, 0) is 18.6 Å². The van der Waals surface area contributed by atoms with Gasteiger partial charge >= 0.3 is 0 Å². The highest BCUT2D eigenvalue weighted by atomic mass is 35.5. The van der Waals surface area contributed by atoms with Crippen molar-refractivity contribution in [2.75, 3.05) is 13.7 Å². The van der Waals surface area contributed by atoms with Crippen molar-refractivity contribution in [3.05, 3.63) is 22.7 Å². The first-order chi connectivity index (χ1) is 7.72. The standard InChI is InChI=1S/C11H14ClNO3/c1-3-4-16-11-9(12)5-8(7-13-14)6-10(11)15-2/h5-7,14H,3-4H2,1-2H3/b13-7+. The molecule has 16 heavy (non-hydrogen) atoms. The monoisotopic (exact) mass is 243 g/mol. The summed E-state index contributed by atoms with van der Waals surface area (Å²) in [6.07, 6.45) is 2.16. The number of nitrogens with zero attached hydrogens (tertiary/aromatic N) is 1. The van der Waals surface area contributed by atoms with E-state index in [2.05, 4.69) is 5.16 Å². The Hall–Kier alpha value is -1.42. The average molecular weight is 244 g/mol. The number of rotatable bonds is 5. The molecule has 1 N–H and O–H groups in total. The van der Waals surface area contributed by atoms with Crippen molar-refractivity contribution in [1.82, 2.24) is 0 Å². The van der Waals surface area contributed by atoms with Crippen LogP contribution in [-0.4, -0.2) is 25.1 Å². The molecular weight excluding hydrogens is 230 g/mol. The average Bonchev–Trinajstić information content (AvgIpc) is 2.27. The molecule has 1 aromatic carbocycles. The van der Waals surface area contributed by atoms with Crippen molar-refractivity contribution in [1.29, 1.82) is 0 Å². The van der Waals surface area contributed by atoms with E-state index in [1.807, 2.05) is 6.92 Å². The number of methoxy groups -OCH3 is 1. The van der Waals surface area contributed by atoms with Gasteiger partial charge in [-0.25, -0.2) is 0 Å². The van der Waals surface area contributed by atoms with E-state index in [0.717, 1.165) is 6.42 Å². The highest BCUT2D eigenvalue weighted by Crippen LogP contribution is 2.36. The van der Waals surface area contributed by atoms with Crippen LogP contribution < -0.4 is 9.47 Å². The van der Waals surface area contributed by atoms with E-state index in [1.54, 1.807) is 12.1 Å². The molecule has 0 aliphatic rings. The lowest BCUT2D eigenvalue weighted by atomic mass is 10.2. The highest BCUT2D eigenvalue weighted by Gasteiger charge is 2.11. The normalized spacial score (nSPS) is 10.7. The summed E-state index contributed by atoms with van der Waals surface area (Å²) < 4.78 is 10.6. The van der Waals surface area contributed by atoms with Gasteiger partial charge in [0.05, 0.1) is 25.0 Å². The van der Waals surface area contributed by atoms with Crippen LogP contribution in [0, 0.1) is 0 Å². The van der Waals surface area contributed by atoms with E-state index >= 15 is 0 Å². The number of halogens is 1. The molecule has 88 valence electrons. The Morgan fingerprint density at radius 2 is 2.25 bits per heavy atom. The van der Waals surface area contributed by atoms with Crippen LogP contribution in [0.15, 0.2) is 17.3 Å². The summed E-state index contributed by atoms with van der Waals surface area (Å²) in [4.78, 5) is 0. The van der Waals surface area contributed by atoms with E-state index < -0.39 is 0 Å². The van der Waals surface area contributed by atoms with Gasteiger partial charge in [-0.2, -0.15) is 0 Å². The number of oxime groups is 1. The second-order valence-corrected chi connectivity index (χ2v) is 3.53. The van der Waals surface area contributed by atoms with Crippen LogP contribution in [0.25, 0.3) is 0 Å². The molecule has 0 radical (unpaired) electrons. The van der Waals surface area contributed by atoms with Crippen molar-refractivity contribution in [2.45, 2.75) is 13.3 Å². The zero-order chi connectivity index (χ0) is 12.0. The van der Waals surface area contributed by atoms with E-state index in [9.17, 15) is 0 Å². The van der Waals surface area contributed by atoms with Crippen molar-refractivity contribution >= 4 is 17.8 Å². The van der Waals surface area contributed by atoms with Gasteiger partial charge in [-0.3, -0.25) is 0 Å². The molecule has 1 rings (SSSR count). The second-order valence-electron chi connectivity index (χ2n) is 3.13. The Balaban J connectivity index is 3.07. The topological polar surface area (TPSA) is 51.0 Å². The third-order valence-corrected chi connectivity index (χ3v) is 2.19. The van der Waals surface area contributed by atoms with Gasteiger partial charge in [0.15, 0.2) is 11.5 Å². The Labute approximate surface area is 99.4 Å². The summed E-state index contributed by atoms with van der Waals surface area (Å²) in [5.74, 6) is 1.04. The van der Waals surface area contributed by atoms with Crippen LogP contribution in [0.4, 0.5) is 0 Å². The Bertz CT molecular complexity index is 380. The molecule has 1 aromatic rings. The van der Waals surface area contributed by atoms with E-state index in [1.165, 1.54) is 13.3 Å². The molecule has 0 aliphatic carbocycles. The van der Waals surface area contributed by atoms with Crippen LogP contribution in [0.5, 0.6) is 11.5 Å². The molecule has 0 aliphatic heterocycles. The third-order valence-electron chi connectivity index (χ3n) is 1.91. The lowest BCUT2D eigenvalue weighted by Crippen LogP contribution is -1.99. The van der Waals surface area contributed by atoms with Crippen LogP contribution in [0.2, 0.25) is 5.02 Å². The maximum atomic E-state index is 8.44. The van der Waals surface area contributed by atoms with Crippen molar-refractivity contribution in [3.63, 3.8) is 0 Å². The van der Waals surface area contributed by atoms with Gasteiger partial charge in [0.25, 0.3) is 0 Å². The van der Waals surface area contributed by atoms with Crippen LogP contribution >= 0.6 is 11.6 Å². The van der Waals surface area contributed by atoms with Gasteiger partial charge < -0.3 is 14.7 Å². The first-order valence-corrected chi connectivity index (χ1v) is 5.28. The van der Waals surface area contributed by atoms with Crippen molar-refractivity contribution < 1.29 is 14.7 Å². The molecule has 0 unspecified atom stereocenters. The smallest absolute Gasteiger partial charge is 0.179 e. The largest absolute Gasteiger partial charge is 0.493 e. The summed E-state index contributed by atoms with van der Waals surface area (Å²) in [5.41, 5.74) is 0.646. The first kappa shape index (κ1) is 12.6. The van der Waals surface area contributed by atoms with E-state index in [-0.39, 0.29) is 0 Å². The molecule has 0 spiro atoms. The lowest BCUT2D eigenvalue weighted by molar-refractivity contribution is 0.294. The zero-order valence-corrected chi connectivity index (χ0v) is 9.99. The zero-order valence-electron chi connectivity index (χ0n) is 9.24. The summed E-state index contributed by atoms with van der Waals surface area (Å²) in [5, 5.41) is 11.8. The van der Waals surface area contributed by atoms with Gasteiger partial charge in [-0.15, -0.1) is 0 Å². The lowest BCUT2D eigenvalue weighted by Gasteiger charge is -2.12. The molecule has 0 amide bonds. The Morgan fingerprint density at radius 1 is 1.50 bits per heavy atom. The minimum Gasteiger partial charge on any atom is -0.493 e. The summed E-state index contributed by atoms with van der Waals surface area (Å²) in [7, 11) is 1.53. The molecule has 0 fully saturated rings. The fourth-order valence-corrected chi connectivity index (χ4v) is 1.50. The second kappa shape index (κ2) is 6.23. The first-order valence-electron chi connectivity index (χ1n) is 4.90. The van der Waals surface area contributed by atoms with E-state index in [0.29, 0.717) is 28.7 Å². The SMILES string of the molecule is CCCOc1c(Cl)cc(/C=N/O)cc1OC.